The Bertz CT molecular complexity index is 801. The third-order valence-corrected chi connectivity index (χ3v) is 4.14. The molecule has 20 heavy (non-hydrogen) atoms. The molecule has 0 bridgehead atoms. The summed E-state index contributed by atoms with van der Waals surface area (Å²) in [5, 5.41) is 0.564. The van der Waals surface area contributed by atoms with Gasteiger partial charge in [0.1, 0.15) is 17.2 Å². The highest BCUT2D eigenvalue weighted by molar-refractivity contribution is 9.10. The highest BCUT2D eigenvalue weighted by Gasteiger charge is 2.14. The van der Waals surface area contributed by atoms with Crippen LogP contribution in [0, 0.1) is 5.82 Å². The third-order valence-electron chi connectivity index (χ3n) is 2.99. The van der Waals surface area contributed by atoms with Crippen molar-refractivity contribution < 1.29 is 4.39 Å². The summed E-state index contributed by atoms with van der Waals surface area (Å²) in [5.41, 5.74) is 2.30. The maximum Gasteiger partial charge on any atom is 0.137 e. The average molecular weight is 374 g/mol. The number of hydrogen-bond donors (Lipinski definition) is 0. The molecule has 0 atom stereocenters. The molecule has 0 unspecified atom stereocenters. The zero-order valence-corrected chi connectivity index (χ0v) is 13.2. The van der Waals surface area contributed by atoms with E-state index in [1.807, 2.05) is 16.7 Å². The van der Waals surface area contributed by atoms with Crippen molar-refractivity contribution >= 4 is 50.2 Å². The van der Waals surface area contributed by atoms with Gasteiger partial charge in [-0.1, -0.05) is 17.7 Å². The molecule has 0 aliphatic heterocycles. The lowest BCUT2D eigenvalue weighted by atomic mass is 10.2. The van der Waals surface area contributed by atoms with E-state index in [0.717, 1.165) is 11.2 Å². The maximum atomic E-state index is 13.4. The van der Waals surface area contributed by atoms with Crippen molar-refractivity contribution in [2.24, 2.45) is 0 Å². The summed E-state index contributed by atoms with van der Waals surface area (Å²) in [7, 11) is 0. The molecule has 0 aliphatic rings. The fraction of sp³-hybridized carbons (Fsp3) is 0.0714. The summed E-state index contributed by atoms with van der Waals surface area (Å²) < 4.78 is 15.6. The van der Waals surface area contributed by atoms with Gasteiger partial charge in [0.25, 0.3) is 0 Å². The third kappa shape index (κ3) is 2.22. The molecule has 0 aliphatic carbocycles. The number of halogens is 4. The Hall–Kier alpha value is -1.10. The summed E-state index contributed by atoms with van der Waals surface area (Å²) in [6.07, 6.45) is 0. The van der Waals surface area contributed by atoms with E-state index in [9.17, 15) is 4.39 Å². The second-order valence-corrected chi connectivity index (χ2v) is 5.73. The van der Waals surface area contributed by atoms with Crippen LogP contribution in [0.5, 0.6) is 0 Å². The summed E-state index contributed by atoms with van der Waals surface area (Å²) in [6.45, 7) is 0. The molecule has 0 saturated heterocycles. The van der Waals surface area contributed by atoms with E-state index in [-0.39, 0.29) is 11.7 Å². The molecule has 0 spiro atoms. The molecule has 2 nitrogen and oxygen atoms in total. The fourth-order valence-electron chi connectivity index (χ4n) is 2.12. The monoisotopic (exact) mass is 372 g/mol. The first-order chi connectivity index (χ1) is 9.61. The van der Waals surface area contributed by atoms with Crippen molar-refractivity contribution in [3.05, 3.63) is 57.5 Å². The van der Waals surface area contributed by atoms with E-state index >= 15 is 0 Å². The number of para-hydroxylation sites is 1. The lowest BCUT2D eigenvalue weighted by Gasteiger charge is -2.08. The van der Waals surface area contributed by atoms with Crippen molar-refractivity contribution in [1.82, 2.24) is 9.55 Å². The van der Waals surface area contributed by atoms with Gasteiger partial charge in [-0.05, 0) is 46.3 Å². The number of hydrogen-bond acceptors (Lipinski definition) is 1. The van der Waals surface area contributed by atoms with Crippen LogP contribution in [-0.2, 0) is 5.88 Å². The van der Waals surface area contributed by atoms with Gasteiger partial charge in [0.2, 0.25) is 0 Å². The molecule has 0 N–H and O–H groups in total. The second kappa shape index (κ2) is 5.35. The SMILES string of the molecule is Fc1ccc(-n2c(CCl)nc3c(Cl)cccc32)cc1Br. The zero-order valence-electron chi connectivity index (χ0n) is 10.1. The number of fused-ring (bicyclic) bond motifs is 1. The zero-order chi connectivity index (χ0) is 14.3. The van der Waals surface area contributed by atoms with E-state index in [1.165, 1.54) is 6.07 Å². The van der Waals surface area contributed by atoms with Gasteiger partial charge in [-0.2, -0.15) is 0 Å². The van der Waals surface area contributed by atoms with Crippen molar-refractivity contribution in [2.75, 3.05) is 0 Å². The highest BCUT2D eigenvalue weighted by Crippen LogP contribution is 2.29. The van der Waals surface area contributed by atoms with Gasteiger partial charge in [-0.3, -0.25) is 4.57 Å². The number of benzene rings is 2. The first kappa shape index (κ1) is 13.9. The normalized spacial score (nSPS) is 11.2. The van der Waals surface area contributed by atoms with Crippen molar-refractivity contribution in [3.63, 3.8) is 0 Å². The lowest BCUT2D eigenvalue weighted by Crippen LogP contribution is -1.99. The Labute approximate surface area is 133 Å². The molecule has 0 radical (unpaired) electrons. The number of imidazole rings is 1. The van der Waals surface area contributed by atoms with Gasteiger partial charge >= 0.3 is 0 Å². The van der Waals surface area contributed by atoms with Crippen molar-refractivity contribution in [3.8, 4) is 5.69 Å². The first-order valence-corrected chi connectivity index (χ1v) is 7.49. The quantitative estimate of drug-likeness (QED) is 0.556. The Morgan fingerprint density at radius 1 is 1.25 bits per heavy atom. The van der Waals surface area contributed by atoms with Crippen molar-refractivity contribution in [1.29, 1.82) is 0 Å². The second-order valence-electron chi connectivity index (χ2n) is 4.20. The molecule has 6 heteroatoms. The molecule has 3 rings (SSSR count). The Kier molecular flexibility index (Phi) is 3.71. The molecule has 1 heterocycles. The number of alkyl halides is 1. The average Bonchev–Trinajstić information content (AvgIpc) is 2.82. The van der Waals surface area contributed by atoms with Gasteiger partial charge in [-0.15, -0.1) is 11.6 Å². The molecule has 3 aromatic rings. The molecule has 2 aromatic carbocycles. The number of nitrogens with zero attached hydrogens (tertiary/aromatic N) is 2. The van der Waals surface area contributed by atoms with Crippen LogP contribution >= 0.6 is 39.1 Å². The van der Waals surface area contributed by atoms with Crippen LogP contribution in [0.3, 0.4) is 0 Å². The summed E-state index contributed by atoms with van der Waals surface area (Å²) >= 11 is 15.3. The van der Waals surface area contributed by atoms with Gasteiger partial charge in [0.15, 0.2) is 0 Å². The van der Waals surface area contributed by atoms with Crippen LogP contribution in [0.15, 0.2) is 40.9 Å². The standard InChI is InChI=1S/C14H8BrCl2FN2/c15-9-6-8(4-5-11(9)18)20-12-3-1-2-10(17)14(12)19-13(20)7-16/h1-6H,7H2. The molecule has 102 valence electrons. The number of aromatic nitrogens is 2. The maximum absolute atomic E-state index is 13.4. The molecular weight excluding hydrogens is 366 g/mol. The van der Waals surface area contributed by atoms with E-state index < -0.39 is 0 Å². The van der Waals surface area contributed by atoms with E-state index in [1.54, 1.807) is 18.2 Å². The summed E-state index contributed by atoms with van der Waals surface area (Å²) in [4.78, 5) is 4.45. The Balaban J connectivity index is 2.34. The van der Waals surface area contributed by atoms with Gasteiger partial charge in [0, 0.05) is 5.69 Å². The molecule has 0 fully saturated rings. The van der Waals surface area contributed by atoms with E-state index in [0.29, 0.717) is 20.8 Å². The van der Waals surface area contributed by atoms with E-state index in [4.69, 9.17) is 23.2 Å². The summed E-state index contributed by atoms with van der Waals surface area (Å²) in [5.74, 6) is 0.580. The van der Waals surface area contributed by atoms with Gasteiger partial charge in [0.05, 0.1) is 20.9 Å². The number of rotatable bonds is 2. The predicted octanol–water partition coefficient (Wildman–Crippen LogP) is 5.32. The predicted molar refractivity (Wildman–Crippen MR) is 83.3 cm³/mol. The van der Waals surface area contributed by atoms with Crippen LogP contribution in [0.4, 0.5) is 4.39 Å². The van der Waals surface area contributed by atoms with Gasteiger partial charge < -0.3 is 0 Å². The van der Waals surface area contributed by atoms with Gasteiger partial charge in [-0.25, -0.2) is 9.37 Å². The Morgan fingerprint density at radius 3 is 2.75 bits per heavy atom. The van der Waals surface area contributed by atoms with Crippen LogP contribution in [-0.4, -0.2) is 9.55 Å². The largest absolute Gasteiger partial charge is 0.295 e. The Morgan fingerprint density at radius 2 is 2.05 bits per heavy atom. The molecule has 0 saturated carbocycles. The minimum Gasteiger partial charge on any atom is -0.295 e. The smallest absolute Gasteiger partial charge is 0.137 e. The van der Waals surface area contributed by atoms with Crippen LogP contribution in [0.25, 0.3) is 16.7 Å². The van der Waals surface area contributed by atoms with Crippen LogP contribution < -0.4 is 0 Å². The summed E-state index contributed by atoms with van der Waals surface area (Å²) in [6, 6.07) is 10.3. The minimum atomic E-state index is -0.316. The first-order valence-electron chi connectivity index (χ1n) is 5.79. The minimum absolute atomic E-state index is 0.236. The van der Waals surface area contributed by atoms with Crippen LogP contribution in [0.2, 0.25) is 5.02 Å². The lowest BCUT2D eigenvalue weighted by molar-refractivity contribution is 0.620. The molecule has 1 aromatic heterocycles. The topological polar surface area (TPSA) is 17.8 Å². The fourth-order valence-corrected chi connectivity index (χ4v) is 2.87. The molecule has 0 amide bonds. The highest BCUT2D eigenvalue weighted by atomic mass is 79.9. The van der Waals surface area contributed by atoms with Crippen LogP contribution in [0.1, 0.15) is 5.82 Å². The molecular formula is C14H8BrCl2FN2. The van der Waals surface area contributed by atoms with E-state index in [2.05, 4.69) is 20.9 Å². The van der Waals surface area contributed by atoms with Crippen molar-refractivity contribution in [2.45, 2.75) is 5.88 Å².